The molecule has 0 spiro atoms. The van der Waals surface area contributed by atoms with Crippen LogP contribution in [0.4, 0.5) is 4.79 Å². The first-order chi connectivity index (χ1) is 17.9. The number of nitrogens with one attached hydrogen (secondary N) is 1. The number of methoxy groups -OCH3 is 2. The summed E-state index contributed by atoms with van der Waals surface area (Å²) in [5.41, 5.74) is 4.97. The van der Waals surface area contributed by atoms with Crippen LogP contribution in [-0.2, 0) is 20.9 Å². The monoisotopic (exact) mass is 504 g/mol. The first-order valence-electron chi connectivity index (χ1n) is 11.7. The Morgan fingerprint density at radius 3 is 2.16 bits per heavy atom. The Labute approximate surface area is 214 Å². The van der Waals surface area contributed by atoms with Crippen LogP contribution in [0.15, 0.2) is 66.7 Å². The Morgan fingerprint density at radius 2 is 1.57 bits per heavy atom. The predicted octanol–water partition coefficient (Wildman–Crippen LogP) is 3.66. The van der Waals surface area contributed by atoms with Crippen molar-refractivity contribution in [1.82, 2.24) is 10.2 Å². The summed E-state index contributed by atoms with van der Waals surface area (Å²) in [6.45, 7) is -0.872. The molecule has 1 aliphatic rings. The maximum absolute atomic E-state index is 12.8. The molecule has 0 bridgehead atoms. The lowest BCUT2D eigenvalue weighted by atomic mass is 9.98. The third-order valence-corrected chi connectivity index (χ3v) is 6.26. The molecule has 2 amide bonds. The molecule has 0 saturated heterocycles. The number of hydrogen-bond donors (Lipinski definition) is 2. The van der Waals surface area contributed by atoms with Gasteiger partial charge in [-0.15, -0.1) is 0 Å². The number of rotatable bonds is 10. The molecule has 4 rings (SSSR count). The molecule has 2 N–H and O–H groups in total. The second kappa shape index (κ2) is 11.5. The number of carbonyl (C=O) groups excluding carboxylic acids is 2. The van der Waals surface area contributed by atoms with E-state index in [9.17, 15) is 19.5 Å². The third kappa shape index (κ3) is 5.83. The Morgan fingerprint density at radius 1 is 0.919 bits per heavy atom. The first-order valence-corrected chi connectivity index (χ1v) is 11.7. The molecule has 0 aliphatic heterocycles. The molecule has 0 aromatic heterocycles. The summed E-state index contributed by atoms with van der Waals surface area (Å²) in [5.74, 6) is -0.851. The molecule has 37 heavy (non-hydrogen) atoms. The highest BCUT2D eigenvalue weighted by molar-refractivity contribution is 5.85. The molecular weight excluding hydrogens is 476 g/mol. The Hall–Kier alpha value is -4.53. The van der Waals surface area contributed by atoms with Gasteiger partial charge in [0.15, 0.2) is 0 Å². The molecule has 9 nitrogen and oxygen atoms in total. The van der Waals surface area contributed by atoms with Gasteiger partial charge in [0.05, 0.1) is 20.8 Å². The number of carbonyl (C=O) groups is 3. The standard InChI is InChI=1S/C28H28N2O7/c1-35-19-12-11-18(25(13-19)36-2)15-30(16-27(32)33)26(31)14-29-28(34)37-17-24-22-9-5-3-7-20(22)21-8-4-6-10-23(21)24/h3-13,24H,14-17H2,1-2H3,(H,29,34)(H,32,33). The van der Waals surface area contributed by atoms with Crippen LogP contribution in [0.5, 0.6) is 11.5 Å². The lowest BCUT2D eigenvalue weighted by Gasteiger charge is -2.22. The van der Waals surface area contributed by atoms with Crippen molar-refractivity contribution in [3.63, 3.8) is 0 Å². The summed E-state index contributed by atoms with van der Waals surface area (Å²) in [5, 5.41) is 11.7. The summed E-state index contributed by atoms with van der Waals surface area (Å²) in [6.07, 6.45) is -0.757. The van der Waals surface area contributed by atoms with Crippen molar-refractivity contribution < 1.29 is 33.7 Å². The van der Waals surface area contributed by atoms with Crippen LogP contribution < -0.4 is 14.8 Å². The Balaban J connectivity index is 1.37. The number of benzene rings is 3. The number of alkyl carbamates (subject to hydrolysis) is 1. The molecular formula is C28H28N2O7. The molecule has 1 aliphatic carbocycles. The number of amides is 2. The van der Waals surface area contributed by atoms with Crippen LogP contribution in [0, 0.1) is 0 Å². The molecule has 0 atom stereocenters. The van der Waals surface area contributed by atoms with E-state index in [0.29, 0.717) is 17.1 Å². The van der Waals surface area contributed by atoms with E-state index >= 15 is 0 Å². The van der Waals surface area contributed by atoms with E-state index in [4.69, 9.17) is 14.2 Å². The van der Waals surface area contributed by atoms with Gasteiger partial charge < -0.3 is 29.5 Å². The number of carboxylic acids is 1. The highest BCUT2D eigenvalue weighted by atomic mass is 16.5. The summed E-state index contributed by atoms with van der Waals surface area (Å²) >= 11 is 0. The van der Waals surface area contributed by atoms with Crippen LogP contribution in [0.25, 0.3) is 11.1 Å². The summed E-state index contributed by atoms with van der Waals surface area (Å²) in [6, 6.07) is 21.0. The minimum absolute atomic E-state index is 0.0231. The molecule has 0 radical (unpaired) electrons. The zero-order valence-corrected chi connectivity index (χ0v) is 20.6. The van der Waals surface area contributed by atoms with E-state index in [-0.39, 0.29) is 19.1 Å². The van der Waals surface area contributed by atoms with Crippen molar-refractivity contribution in [1.29, 1.82) is 0 Å². The fraction of sp³-hybridized carbons (Fsp3) is 0.250. The molecule has 3 aromatic carbocycles. The van der Waals surface area contributed by atoms with Crippen molar-refractivity contribution in [3.05, 3.63) is 83.4 Å². The predicted molar refractivity (Wildman–Crippen MR) is 136 cm³/mol. The normalized spacial score (nSPS) is 11.7. The number of ether oxygens (including phenoxy) is 3. The van der Waals surface area contributed by atoms with Gasteiger partial charge in [-0.2, -0.15) is 0 Å². The van der Waals surface area contributed by atoms with Gasteiger partial charge in [0.25, 0.3) is 0 Å². The molecule has 3 aromatic rings. The third-order valence-electron chi connectivity index (χ3n) is 6.26. The molecule has 0 unspecified atom stereocenters. The van der Waals surface area contributed by atoms with Gasteiger partial charge in [0.2, 0.25) is 5.91 Å². The van der Waals surface area contributed by atoms with E-state index in [1.54, 1.807) is 18.2 Å². The smallest absolute Gasteiger partial charge is 0.407 e. The van der Waals surface area contributed by atoms with Crippen LogP contribution in [0.2, 0.25) is 0 Å². The van der Waals surface area contributed by atoms with Crippen molar-refractivity contribution in [2.75, 3.05) is 33.9 Å². The van der Waals surface area contributed by atoms with E-state index in [2.05, 4.69) is 5.32 Å². The van der Waals surface area contributed by atoms with E-state index < -0.39 is 31.1 Å². The SMILES string of the molecule is COc1ccc(CN(CC(=O)O)C(=O)CNC(=O)OCC2c3ccccc3-c3ccccc32)c(OC)c1. The fourth-order valence-electron chi connectivity index (χ4n) is 4.49. The molecule has 0 heterocycles. The number of nitrogens with zero attached hydrogens (tertiary/aromatic N) is 1. The van der Waals surface area contributed by atoms with Gasteiger partial charge in [-0.05, 0) is 34.4 Å². The van der Waals surface area contributed by atoms with Gasteiger partial charge in [0, 0.05) is 17.5 Å². The van der Waals surface area contributed by atoms with Crippen molar-refractivity contribution in [2.45, 2.75) is 12.5 Å². The van der Waals surface area contributed by atoms with Gasteiger partial charge in [0.1, 0.15) is 31.2 Å². The number of hydrogen-bond acceptors (Lipinski definition) is 6. The van der Waals surface area contributed by atoms with Crippen LogP contribution in [0.3, 0.4) is 0 Å². The van der Waals surface area contributed by atoms with E-state index in [1.807, 2.05) is 48.5 Å². The van der Waals surface area contributed by atoms with E-state index in [0.717, 1.165) is 27.2 Å². The average Bonchev–Trinajstić information content (AvgIpc) is 3.23. The van der Waals surface area contributed by atoms with Crippen molar-refractivity contribution >= 4 is 18.0 Å². The summed E-state index contributed by atoms with van der Waals surface area (Å²) in [4.78, 5) is 37.8. The van der Waals surface area contributed by atoms with Crippen LogP contribution in [-0.4, -0.2) is 61.9 Å². The second-order valence-electron chi connectivity index (χ2n) is 8.50. The highest BCUT2D eigenvalue weighted by Crippen LogP contribution is 2.44. The quantitative estimate of drug-likeness (QED) is 0.433. The zero-order valence-electron chi connectivity index (χ0n) is 20.6. The fourth-order valence-corrected chi connectivity index (χ4v) is 4.49. The Bertz CT molecular complexity index is 1260. The van der Waals surface area contributed by atoms with Gasteiger partial charge in [-0.3, -0.25) is 9.59 Å². The van der Waals surface area contributed by atoms with Gasteiger partial charge in [-0.25, -0.2) is 4.79 Å². The van der Waals surface area contributed by atoms with Crippen LogP contribution >= 0.6 is 0 Å². The van der Waals surface area contributed by atoms with Gasteiger partial charge >= 0.3 is 12.1 Å². The molecule has 0 fully saturated rings. The highest BCUT2D eigenvalue weighted by Gasteiger charge is 2.29. The van der Waals surface area contributed by atoms with Crippen molar-refractivity contribution in [2.24, 2.45) is 0 Å². The zero-order chi connectivity index (χ0) is 26.4. The minimum Gasteiger partial charge on any atom is -0.497 e. The van der Waals surface area contributed by atoms with Crippen LogP contribution in [0.1, 0.15) is 22.6 Å². The minimum atomic E-state index is -1.18. The second-order valence-corrected chi connectivity index (χ2v) is 8.50. The topological polar surface area (TPSA) is 114 Å². The van der Waals surface area contributed by atoms with E-state index in [1.165, 1.54) is 14.2 Å². The first kappa shape index (κ1) is 25.6. The number of fused-ring (bicyclic) bond motifs is 3. The molecule has 0 saturated carbocycles. The lowest BCUT2D eigenvalue weighted by Crippen LogP contribution is -2.42. The largest absolute Gasteiger partial charge is 0.497 e. The average molecular weight is 505 g/mol. The molecule has 9 heteroatoms. The van der Waals surface area contributed by atoms with Gasteiger partial charge in [-0.1, -0.05) is 48.5 Å². The maximum atomic E-state index is 12.8. The Kier molecular flexibility index (Phi) is 7.92. The van der Waals surface area contributed by atoms with Crippen molar-refractivity contribution in [3.8, 4) is 22.6 Å². The number of carboxylic acid groups (broad SMARTS) is 1. The molecule has 192 valence electrons. The number of aliphatic carboxylic acids is 1. The lowest BCUT2D eigenvalue weighted by molar-refractivity contribution is -0.144. The maximum Gasteiger partial charge on any atom is 0.407 e. The summed E-state index contributed by atoms with van der Waals surface area (Å²) < 4.78 is 16.0. The summed E-state index contributed by atoms with van der Waals surface area (Å²) in [7, 11) is 2.99.